The lowest BCUT2D eigenvalue weighted by atomic mass is 10.0. The van der Waals surface area contributed by atoms with Gasteiger partial charge in [-0.1, -0.05) is 24.3 Å². The number of ether oxygens (including phenoxy) is 1. The fourth-order valence-electron chi connectivity index (χ4n) is 2.71. The van der Waals surface area contributed by atoms with Crippen LogP contribution in [0.3, 0.4) is 0 Å². The van der Waals surface area contributed by atoms with Crippen LogP contribution in [0, 0.1) is 6.92 Å². The van der Waals surface area contributed by atoms with E-state index in [4.69, 9.17) is 4.74 Å². The third-order valence-corrected chi connectivity index (χ3v) is 5.17. The molecule has 1 aliphatic rings. The number of sulfone groups is 1. The van der Waals surface area contributed by atoms with Crippen LogP contribution in [0.2, 0.25) is 0 Å². The number of carbonyl (C=O) groups excluding carboxylic acids is 2. The highest BCUT2D eigenvalue weighted by atomic mass is 32.2. The molecule has 25 heavy (non-hydrogen) atoms. The Morgan fingerprint density at radius 3 is 2.64 bits per heavy atom. The first-order chi connectivity index (χ1) is 11.8. The number of hydrogen-bond acceptors (Lipinski definition) is 5. The number of nitrogens with one attached hydrogen (secondary N) is 1. The van der Waals surface area contributed by atoms with Crippen molar-refractivity contribution >= 4 is 27.4 Å². The minimum absolute atomic E-state index is 0.0364. The number of fused-ring (bicyclic) bond motifs is 1. The number of amides is 1. The summed E-state index contributed by atoms with van der Waals surface area (Å²) >= 11 is 0. The fraction of sp³-hybridized carbons (Fsp3) is 0.222. The van der Waals surface area contributed by atoms with Gasteiger partial charge in [-0.2, -0.15) is 0 Å². The number of cyclic esters (lactones) is 1. The highest BCUT2D eigenvalue weighted by molar-refractivity contribution is 7.90. The van der Waals surface area contributed by atoms with Crippen molar-refractivity contribution in [3.05, 3.63) is 59.2 Å². The van der Waals surface area contributed by atoms with Crippen LogP contribution in [0.15, 0.2) is 47.4 Å². The van der Waals surface area contributed by atoms with Crippen molar-refractivity contribution in [2.24, 2.45) is 0 Å². The number of anilines is 1. The molecular formula is C18H17NO5S. The molecule has 1 amide bonds. The molecule has 0 fully saturated rings. The summed E-state index contributed by atoms with van der Waals surface area (Å²) in [4.78, 5) is 24.3. The largest absolute Gasteiger partial charge is 0.453 e. The van der Waals surface area contributed by atoms with Gasteiger partial charge in [-0.3, -0.25) is 4.79 Å². The predicted octanol–water partition coefficient (Wildman–Crippen LogP) is 2.64. The Morgan fingerprint density at radius 2 is 1.92 bits per heavy atom. The first-order valence-electron chi connectivity index (χ1n) is 7.66. The predicted molar refractivity (Wildman–Crippen MR) is 92.1 cm³/mol. The summed E-state index contributed by atoms with van der Waals surface area (Å²) in [6.07, 6.45) is 0.436. The first-order valence-corrected chi connectivity index (χ1v) is 9.55. The van der Waals surface area contributed by atoms with Crippen molar-refractivity contribution in [1.82, 2.24) is 0 Å². The van der Waals surface area contributed by atoms with Crippen LogP contribution in [0.1, 0.15) is 34.0 Å². The van der Waals surface area contributed by atoms with E-state index in [2.05, 4.69) is 5.32 Å². The topological polar surface area (TPSA) is 89.5 Å². The van der Waals surface area contributed by atoms with Crippen molar-refractivity contribution in [2.75, 3.05) is 11.6 Å². The molecule has 6 nitrogen and oxygen atoms in total. The van der Waals surface area contributed by atoms with Crippen LogP contribution in [0.25, 0.3) is 0 Å². The minimum atomic E-state index is -3.37. The second-order valence-electron chi connectivity index (χ2n) is 5.98. The minimum Gasteiger partial charge on any atom is -0.453 e. The zero-order chi connectivity index (χ0) is 18.2. The molecule has 0 saturated carbocycles. The van der Waals surface area contributed by atoms with E-state index in [0.717, 1.165) is 11.8 Å². The quantitative estimate of drug-likeness (QED) is 0.848. The fourth-order valence-corrected chi connectivity index (χ4v) is 3.35. The molecule has 3 rings (SSSR count). The molecule has 0 aromatic heterocycles. The summed E-state index contributed by atoms with van der Waals surface area (Å²) in [5, 5.41) is 2.70. The molecule has 1 heterocycles. The van der Waals surface area contributed by atoms with Gasteiger partial charge in [0.25, 0.3) is 0 Å². The Morgan fingerprint density at radius 1 is 1.20 bits per heavy atom. The van der Waals surface area contributed by atoms with Gasteiger partial charge >= 0.3 is 5.97 Å². The molecule has 2 aromatic rings. The third-order valence-electron chi connectivity index (χ3n) is 4.06. The van der Waals surface area contributed by atoms with Gasteiger partial charge in [0.1, 0.15) is 6.10 Å². The number of carbonyl (C=O) groups is 2. The summed E-state index contributed by atoms with van der Waals surface area (Å²) in [5.41, 5.74) is 2.31. The van der Waals surface area contributed by atoms with Crippen molar-refractivity contribution in [2.45, 2.75) is 24.3 Å². The van der Waals surface area contributed by atoms with Gasteiger partial charge in [-0.15, -0.1) is 0 Å². The van der Waals surface area contributed by atoms with Gasteiger partial charge in [0.05, 0.1) is 16.9 Å². The highest BCUT2D eigenvalue weighted by Gasteiger charge is 2.32. The second-order valence-corrected chi connectivity index (χ2v) is 8.00. The molecule has 0 aliphatic carbocycles. The van der Waals surface area contributed by atoms with E-state index in [1.54, 1.807) is 37.3 Å². The maximum absolute atomic E-state index is 12.3. The maximum atomic E-state index is 12.3. The summed E-state index contributed by atoms with van der Waals surface area (Å²) in [5.74, 6) is -0.799. The molecule has 0 radical (unpaired) electrons. The molecular weight excluding hydrogens is 342 g/mol. The van der Waals surface area contributed by atoms with Crippen molar-refractivity contribution in [1.29, 1.82) is 0 Å². The van der Waals surface area contributed by atoms with Gasteiger partial charge < -0.3 is 10.1 Å². The SMILES string of the molecule is Cc1ccc(S(C)(=O)=O)cc1NC(=O)C[C@@H]1OC(=O)c2ccccc21. The molecule has 130 valence electrons. The zero-order valence-corrected chi connectivity index (χ0v) is 14.6. The van der Waals surface area contributed by atoms with Gasteiger partial charge in [0, 0.05) is 17.5 Å². The van der Waals surface area contributed by atoms with E-state index >= 15 is 0 Å². The van der Waals surface area contributed by atoms with E-state index in [-0.39, 0.29) is 17.2 Å². The Hall–Kier alpha value is -2.67. The lowest BCUT2D eigenvalue weighted by molar-refractivity contribution is -0.118. The van der Waals surface area contributed by atoms with Crippen LogP contribution < -0.4 is 5.32 Å². The number of hydrogen-bond donors (Lipinski definition) is 1. The van der Waals surface area contributed by atoms with Crippen LogP contribution in [-0.2, 0) is 19.4 Å². The number of esters is 1. The van der Waals surface area contributed by atoms with E-state index in [1.165, 1.54) is 12.1 Å². The average Bonchev–Trinajstić information content (AvgIpc) is 2.85. The molecule has 1 atom stereocenters. The van der Waals surface area contributed by atoms with E-state index in [1.807, 2.05) is 0 Å². The first kappa shape index (κ1) is 17.2. The molecule has 0 spiro atoms. The summed E-state index contributed by atoms with van der Waals surface area (Å²) < 4.78 is 28.6. The average molecular weight is 359 g/mol. The Balaban J connectivity index is 1.77. The van der Waals surface area contributed by atoms with E-state index in [0.29, 0.717) is 16.8 Å². The molecule has 0 unspecified atom stereocenters. The normalized spacial score (nSPS) is 16.2. The summed E-state index contributed by atoms with van der Waals surface area (Å²) in [6.45, 7) is 1.77. The lowest BCUT2D eigenvalue weighted by Crippen LogP contribution is -2.16. The van der Waals surface area contributed by atoms with Crippen molar-refractivity contribution in [3.63, 3.8) is 0 Å². The number of benzene rings is 2. The molecule has 1 aliphatic heterocycles. The molecule has 0 bridgehead atoms. The molecule has 1 N–H and O–H groups in total. The molecule has 2 aromatic carbocycles. The maximum Gasteiger partial charge on any atom is 0.339 e. The molecule has 7 heteroatoms. The van der Waals surface area contributed by atoms with Gasteiger partial charge in [0.2, 0.25) is 5.91 Å². The third kappa shape index (κ3) is 3.56. The standard InChI is InChI=1S/C18H17NO5S/c1-11-7-8-12(25(2,22)23)9-15(11)19-17(20)10-16-13-5-3-4-6-14(13)18(21)24-16/h3-9,16H,10H2,1-2H3,(H,19,20)/t16-/m0/s1. The van der Waals surface area contributed by atoms with Gasteiger partial charge in [-0.05, 0) is 30.7 Å². The number of aryl methyl sites for hydroxylation is 1. The lowest BCUT2D eigenvalue weighted by Gasteiger charge is -2.13. The summed E-state index contributed by atoms with van der Waals surface area (Å²) in [7, 11) is -3.37. The zero-order valence-electron chi connectivity index (χ0n) is 13.8. The van der Waals surface area contributed by atoms with Crippen LogP contribution in [-0.4, -0.2) is 26.6 Å². The smallest absolute Gasteiger partial charge is 0.339 e. The van der Waals surface area contributed by atoms with Gasteiger partial charge in [-0.25, -0.2) is 13.2 Å². The van der Waals surface area contributed by atoms with E-state index < -0.39 is 21.9 Å². The molecule has 0 saturated heterocycles. The number of rotatable bonds is 4. The van der Waals surface area contributed by atoms with E-state index in [9.17, 15) is 18.0 Å². The van der Waals surface area contributed by atoms with Crippen molar-refractivity contribution < 1.29 is 22.7 Å². The summed E-state index contributed by atoms with van der Waals surface area (Å²) in [6, 6.07) is 11.5. The Bertz CT molecular complexity index is 965. The van der Waals surface area contributed by atoms with Crippen LogP contribution >= 0.6 is 0 Å². The van der Waals surface area contributed by atoms with Gasteiger partial charge in [0.15, 0.2) is 9.84 Å². The van der Waals surface area contributed by atoms with Crippen molar-refractivity contribution in [3.8, 4) is 0 Å². The highest BCUT2D eigenvalue weighted by Crippen LogP contribution is 2.33. The van der Waals surface area contributed by atoms with Crippen LogP contribution in [0.5, 0.6) is 0 Å². The van der Waals surface area contributed by atoms with Crippen LogP contribution in [0.4, 0.5) is 5.69 Å². The Kier molecular flexibility index (Phi) is 4.34. The monoisotopic (exact) mass is 359 g/mol. The Labute approximate surface area is 145 Å². The second kappa shape index (κ2) is 6.33.